The molecule has 6 heteroatoms. The van der Waals surface area contributed by atoms with Gasteiger partial charge in [-0.1, -0.05) is 49.4 Å². The van der Waals surface area contributed by atoms with Gasteiger partial charge in [0, 0.05) is 18.3 Å². The maximum atomic E-state index is 11.6. The topological polar surface area (TPSA) is 84.5 Å². The van der Waals surface area contributed by atoms with Crippen molar-refractivity contribution in [1.82, 2.24) is 5.32 Å². The maximum Gasteiger partial charge on any atom is 0.237 e. The van der Waals surface area contributed by atoms with E-state index >= 15 is 0 Å². The summed E-state index contributed by atoms with van der Waals surface area (Å²) in [6.45, 7) is 10.4. The fourth-order valence-corrected chi connectivity index (χ4v) is 1.28. The standard InChI is InChI=1S/C12H22N3O2P.C4H10/c1-3-5-6-14-9(4-2)7-10(13)12(17)15-8-11(16)18;1-4(2)3/h4,6,10H,3,5,7-8,13,18H2,1-2H3,(H,15,17);4H,1-3H3/b9-4-,14-6?;. The molecule has 3 N–H and O–H groups in total. The lowest BCUT2D eigenvalue weighted by molar-refractivity contribution is -0.124. The van der Waals surface area contributed by atoms with Gasteiger partial charge < -0.3 is 11.1 Å². The monoisotopic (exact) mass is 329 g/mol. The summed E-state index contributed by atoms with van der Waals surface area (Å²) >= 11 is 0. The van der Waals surface area contributed by atoms with Crippen LogP contribution in [0.1, 0.15) is 53.9 Å². The largest absolute Gasteiger partial charge is 0.347 e. The van der Waals surface area contributed by atoms with Gasteiger partial charge in [-0.15, -0.1) is 0 Å². The molecular formula is C16H32N3O2P. The van der Waals surface area contributed by atoms with Gasteiger partial charge >= 0.3 is 0 Å². The van der Waals surface area contributed by atoms with E-state index < -0.39 is 6.04 Å². The van der Waals surface area contributed by atoms with Crippen LogP contribution in [-0.2, 0) is 9.59 Å². The van der Waals surface area contributed by atoms with Gasteiger partial charge in [-0.2, -0.15) is 0 Å². The summed E-state index contributed by atoms with van der Waals surface area (Å²) in [6, 6.07) is -0.681. The number of carbonyl (C=O) groups is 2. The fourth-order valence-electron chi connectivity index (χ4n) is 1.18. The first-order chi connectivity index (χ1) is 10.2. The molecule has 0 radical (unpaired) electrons. The summed E-state index contributed by atoms with van der Waals surface area (Å²) in [7, 11) is 2.00. The van der Waals surface area contributed by atoms with Gasteiger partial charge in [-0.25, -0.2) is 0 Å². The molecule has 1 amide bonds. The molecular weight excluding hydrogens is 297 g/mol. The van der Waals surface area contributed by atoms with Crippen molar-refractivity contribution in [3.05, 3.63) is 11.8 Å². The first kappa shape index (κ1) is 23.2. The third-order valence-corrected chi connectivity index (χ3v) is 2.41. The number of carbonyl (C=O) groups excluding carboxylic acids is 2. The Hall–Kier alpha value is -1.06. The summed E-state index contributed by atoms with van der Waals surface area (Å²) in [6.07, 6.45) is 5.96. The van der Waals surface area contributed by atoms with Crippen LogP contribution in [0, 0.1) is 5.92 Å². The van der Waals surface area contributed by atoms with Crippen LogP contribution >= 0.6 is 9.24 Å². The Morgan fingerprint density at radius 2 is 1.86 bits per heavy atom. The molecule has 0 bridgehead atoms. The number of hydrogen-bond donors (Lipinski definition) is 2. The molecule has 128 valence electrons. The highest BCUT2D eigenvalue weighted by Gasteiger charge is 2.14. The normalized spacial score (nSPS) is 12.8. The van der Waals surface area contributed by atoms with Crippen molar-refractivity contribution in [2.24, 2.45) is 16.6 Å². The van der Waals surface area contributed by atoms with Gasteiger partial charge in [0.05, 0.1) is 12.6 Å². The van der Waals surface area contributed by atoms with Crippen LogP contribution in [-0.4, -0.2) is 30.2 Å². The van der Waals surface area contributed by atoms with E-state index in [1.165, 1.54) is 0 Å². The molecule has 0 spiro atoms. The third kappa shape index (κ3) is 17.0. The molecule has 0 rings (SSSR count). The summed E-state index contributed by atoms with van der Waals surface area (Å²) in [5, 5.41) is 2.47. The first-order valence-corrected chi connectivity index (χ1v) is 8.31. The minimum absolute atomic E-state index is 0.0124. The van der Waals surface area contributed by atoms with Gasteiger partial charge in [0.2, 0.25) is 5.91 Å². The van der Waals surface area contributed by atoms with Crippen LogP contribution in [0.5, 0.6) is 0 Å². The summed E-state index contributed by atoms with van der Waals surface area (Å²) in [4.78, 5) is 26.5. The number of nitrogens with two attached hydrogens (primary N) is 1. The molecule has 0 heterocycles. The minimum Gasteiger partial charge on any atom is -0.347 e. The van der Waals surface area contributed by atoms with Crippen LogP contribution in [0.25, 0.3) is 0 Å². The number of amides is 1. The summed E-state index contributed by atoms with van der Waals surface area (Å²) < 4.78 is 0. The lowest BCUT2D eigenvalue weighted by Crippen LogP contribution is -2.42. The highest BCUT2D eigenvalue weighted by Crippen LogP contribution is 2.06. The predicted molar refractivity (Wildman–Crippen MR) is 98.0 cm³/mol. The molecule has 2 unspecified atom stereocenters. The maximum absolute atomic E-state index is 11.6. The highest BCUT2D eigenvalue weighted by molar-refractivity contribution is 7.40. The molecule has 22 heavy (non-hydrogen) atoms. The molecule has 0 fully saturated rings. The smallest absolute Gasteiger partial charge is 0.237 e. The minimum atomic E-state index is -0.681. The molecule has 0 saturated carbocycles. The van der Waals surface area contributed by atoms with Gasteiger partial charge in [0.15, 0.2) is 5.52 Å². The van der Waals surface area contributed by atoms with Crippen molar-refractivity contribution >= 4 is 26.9 Å². The highest BCUT2D eigenvalue weighted by atomic mass is 31.0. The third-order valence-electron chi connectivity index (χ3n) is 2.21. The Labute approximate surface area is 137 Å². The number of nitrogens with zero attached hydrogens (tertiary/aromatic N) is 1. The average Bonchev–Trinajstić information content (AvgIpc) is 2.42. The Balaban J connectivity index is 0. The van der Waals surface area contributed by atoms with Gasteiger partial charge in [-0.3, -0.25) is 14.6 Å². The SMILES string of the molecule is C/C=C(/CC(N)C(=O)NCC(=O)P)N=CCCC.CC(C)C. The van der Waals surface area contributed by atoms with Gasteiger partial charge in [0.25, 0.3) is 0 Å². The van der Waals surface area contributed by atoms with Crippen molar-refractivity contribution in [3.63, 3.8) is 0 Å². The molecule has 0 aromatic carbocycles. The van der Waals surface area contributed by atoms with E-state index in [-0.39, 0.29) is 18.0 Å². The molecule has 0 aromatic rings. The predicted octanol–water partition coefficient (Wildman–Crippen LogP) is 2.66. The van der Waals surface area contributed by atoms with Crippen molar-refractivity contribution in [1.29, 1.82) is 0 Å². The van der Waals surface area contributed by atoms with E-state index in [0.29, 0.717) is 6.42 Å². The van der Waals surface area contributed by atoms with E-state index in [0.717, 1.165) is 24.5 Å². The number of rotatable bonds is 8. The lowest BCUT2D eigenvalue weighted by Gasteiger charge is -2.11. The molecule has 0 aliphatic carbocycles. The van der Waals surface area contributed by atoms with Crippen molar-refractivity contribution in [2.45, 2.75) is 59.9 Å². The number of aliphatic imine (C=N–C) groups is 1. The zero-order valence-electron chi connectivity index (χ0n) is 14.6. The molecule has 2 atom stereocenters. The van der Waals surface area contributed by atoms with Crippen molar-refractivity contribution < 1.29 is 9.59 Å². The quantitative estimate of drug-likeness (QED) is 0.530. The van der Waals surface area contributed by atoms with Crippen LogP contribution < -0.4 is 11.1 Å². The zero-order valence-corrected chi connectivity index (χ0v) is 15.7. The Morgan fingerprint density at radius 1 is 1.32 bits per heavy atom. The molecule has 0 aromatic heterocycles. The Kier molecular flexibility index (Phi) is 15.7. The van der Waals surface area contributed by atoms with Crippen molar-refractivity contribution in [3.8, 4) is 0 Å². The first-order valence-electron chi connectivity index (χ1n) is 7.73. The van der Waals surface area contributed by atoms with Crippen LogP contribution in [0.15, 0.2) is 16.8 Å². The zero-order chi connectivity index (χ0) is 17.5. The summed E-state index contributed by atoms with van der Waals surface area (Å²) in [5.74, 6) is 0.496. The summed E-state index contributed by atoms with van der Waals surface area (Å²) in [5.41, 5.74) is 6.34. The van der Waals surface area contributed by atoms with E-state index in [9.17, 15) is 9.59 Å². The van der Waals surface area contributed by atoms with E-state index in [4.69, 9.17) is 5.73 Å². The fraction of sp³-hybridized carbons (Fsp3) is 0.688. The van der Waals surface area contributed by atoms with Gasteiger partial charge in [-0.05, 0) is 19.3 Å². The number of nitrogens with one attached hydrogen (secondary N) is 1. The second kappa shape index (κ2) is 14.9. The molecule has 0 saturated heterocycles. The van der Waals surface area contributed by atoms with Crippen molar-refractivity contribution in [2.75, 3.05) is 6.54 Å². The lowest BCUT2D eigenvalue weighted by atomic mass is 10.1. The molecule has 5 nitrogen and oxygen atoms in total. The molecule has 0 aliphatic heterocycles. The van der Waals surface area contributed by atoms with E-state index in [1.807, 2.05) is 28.5 Å². The van der Waals surface area contributed by atoms with E-state index in [1.54, 1.807) is 0 Å². The van der Waals surface area contributed by atoms with Gasteiger partial charge in [0.1, 0.15) is 0 Å². The number of hydrogen-bond acceptors (Lipinski definition) is 4. The number of allylic oxidation sites excluding steroid dienone is 1. The average molecular weight is 329 g/mol. The Morgan fingerprint density at radius 3 is 2.27 bits per heavy atom. The van der Waals surface area contributed by atoms with Crippen LogP contribution in [0.4, 0.5) is 0 Å². The van der Waals surface area contributed by atoms with E-state index in [2.05, 4.69) is 38.0 Å². The second-order valence-electron chi connectivity index (χ2n) is 5.61. The Bertz CT molecular complexity index is 377. The van der Waals surface area contributed by atoms with Crippen LogP contribution in [0.2, 0.25) is 0 Å². The van der Waals surface area contributed by atoms with Crippen LogP contribution in [0.3, 0.4) is 0 Å². The number of unbranched alkanes of at least 4 members (excludes halogenated alkanes) is 1. The second-order valence-corrected chi connectivity index (χ2v) is 6.25. The molecule has 0 aliphatic rings.